The molecule has 2 aromatic heterocycles. The van der Waals surface area contributed by atoms with Gasteiger partial charge < -0.3 is 5.32 Å². The molecule has 2 heterocycles. The standard InChI is InChI=1S/C17H17N3OS/c1-12(17-20-14-4-2-3-5-15(14)22-17)19-16(21)7-6-13-8-10-18-11-9-13/h2-5,8-12H,6-7H2,1H3,(H,19,21)/t12-/m1/s1. The number of rotatable bonds is 5. The maximum Gasteiger partial charge on any atom is 0.220 e. The summed E-state index contributed by atoms with van der Waals surface area (Å²) in [6, 6.07) is 11.8. The second-order valence-electron chi connectivity index (χ2n) is 5.16. The quantitative estimate of drug-likeness (QED) is 0.784. The molecule has 5 heteroatoms. The Hall–Kier alpha value is -2.27. The van der Waals surface area contributed by atoms with Crippen molar-refractivity contribution in [1.29, 1.82) is 0 Å². The number of para-hydroxylation sites is 1. The van der Waals surface area contributed by atoms with Crippen LogP contribution >= 0.6 is 11.3 Å². The zero-order valence-corrected chi connectivity index (χ0v) is 13.1. The monoisotopic (exact) mass is 311 g/mol. The minimum atomic E-state index is -0.0673. The molecular formula is C17H17N3OS. The van der Waals surface area contributed by atoms with E-state index in [0.717, 1.165) is 27.2 Å². The molecule has 0 aliphatic heterocycles. The normalized spacial score (nSPS) is 12.2. The predicted molar refractivity (Wildman–Crippen MR) is 88.7 cm³/mol. The molecule has 1 N–H and O–H groups in total. The fourth-order valence-corrected chi connectivity index (χ4v) is 3.23. The van der Waals surface area contributed by atoms with Gasteiger partial charge in [-0.25, -0.2) is 4.98 Å². The first-order chi connectivity index (χ1) is 10.7. The van der Waals surface area contributed by atoms with Gasteiger partial charge >= 0.3 is 0 Å². The molecule has 0 aliphatic carbocycles. The van der Waals surface area contributed by atoms with Gasteiger partial charge in [-0.3, -0.25) is 9.78 Å². The number of nitrogens with one attached hydrogen (secondary N) is 1. The third-order valence-corrected chi connectivity index (χ3v) is 4.67. The lowest BCUT2D eigenvalue weighted by molar-refractivity contribution is -0.121. The van der Waals surface area contributed by atoms with Crippen LogP contribution in [0.2, 0.25) is 0 Å². The number of hydrogen-bond donors (Lipinski definition) is 1. The maximum atomic E-state index is 12.1. The van der Waals surface area contributed by atoms with Crippen LogP contribution in [0.4, 0.5) is 0 Å². The van der Waals surface area contributed by atoms with Gasteiger partial charge in [0.2, 0.25) is 5.91 Å². The van der Waals surface area contributed by atoms with E-state index in [-0.39, 0.29) is 11.9 Å². The van der Waals surface area contributed by atoms with E-state index in [1.54, 1.807) is 23.7 Å². The van der Waals surface area contributed by atoms with Crippen molar-refractivity contribution in [3.8, 4) is 0 Å². The molecule has 0 radical (unpaired) electrons. The molecule has 3 aromatic rings. The van der Waals surface area contributed by atoms with Crippen LogP contribution in [0.1, 0.15) is 30.0 Å². The molecule has 0 aliphatic rings. The fraction of sp³-hybridized carbons (Fsp3) is 0.235. The molecule has 4 nitrogen and oxygen atoms in total. The highest BCUT2D eigenvalue weighted by molar-refractivity contribution is 7.18. The number of aryl methyl sites for hydroxylation is 1. The molecule has 112 valence electrons. The summed E-state index contributed by atoms with van der Waals surface area (Å²) in [7, 11) is 0. The number of pyridine rings is 1. The Morgan fingerprint density at radius 1 is 1.23 bits per heavy atom. The van der Waals surface area contributed by atoms with Gasteiger partial charge in [-0.1, -0.05) is 12.1 Å². The van der Waals surface area contributed by atoms with E-state index >= 15 is 0 Å². The lowest BCUT2D eigenvalue weighted by Crippen LogP contribution is -2.26. The molecule has 3 rings (SSSR count). The Morgan fingerprint density at radius 2 is 2.00 bits per heavy atom. The van der Waals surface area contributed by atoms with Crippen LogP contribution in [0.15, 0.2) is 48.8 Å². The summed E-state index contributed by atoms with van der Waals surface area (Å²) in [5.74, 6) is 0.0450. The van der Waals surface area contributed by atoms with Crippen LogP contribution in [0.3, 0.4) is 0 Å². The zero-order chi connectivity index (χ0) is 15.4. The lowest BCUT2D eigenvalue weighted by atomic mass is 10.1. The summed E-state index contributed by atoms with van der Waals surface area (Å²) in [4.78, 5) is 20.6. The van der Waals surface area contributed by atoms with Crippen LogP contribution in [0.25, 0.3) is 10.2 Å². The lowest BCUT2D eigenvalue weighted by Gasteiger charge is -2.11. The number of carbonyl (C=O) groups is 1. The van der Waals surface area contributed by atoms with E-state index in [1.807, 2.05) is 37.3 Å². The topological polar surface area (TPSA) is 54.9 Å². The number of aromatic nitrogens is 2. The van der Waals surface area contributed by atoms with E-state index in [2.05, 4.69) is 21.4 Å². The van der Waals surface area contributed by atoms with Crippen molar-refractivity contribution in [3.05, 3.63) is 59.4 Å². The van der Waals surface area contributed by atoms with Gasteiger partial charge in [0.1, 0.15) is 5.01 Å². The number of nitrogens with zero attached hydrogens (tertiary/aromatic N) is 2. The number of carbonyl (C=O) groups excluding carboxylic acids is 1. The summed E-state index contributed by atoms with van der Waals surface area (Å²) in [5.41, 5.74) is 2.11. The number of amides is 1. The van der Waals surface area contributed by atoms with Gasteiger partial charge in [0.25, 0.3) is 0 Å². The Balaban J connectivity index is 1.58. The summed E-state index contributed by atoms with van der Waals surface area (Å²) >= 11 is 1.63. The van der Waals surface area contributed by atoms with Crippen molar-refractivity contribution >= 4 is 27.5 Å². The smallest absolute Gasteiger partial charge is 0.220 e. The molecule has 0 bridgehead atoms. The van der Waals surface area contributed by atoms with Gasteiger partial charge in [-0.05, 0) is 43.2 Å². The third kappa shape index (κ3) is 3.49. The first-order valence-corrected chi connectivity index (χ1v) is 8.08. The van der Waals surface area contributed by atoms with Gasteiger partial charge in [0.05, 0.1) is 16.3 Å². The largest absolute Gasteiger partial charge is 0.347 e. The Morgan fingerprint density at radius 3 is 2.77 bits per heavy atom. The summed E-state index contributed by atoms with van der Waals surface area (Å²) < 4.78 is 1.15. The minimum Gasteiger partial charge on any atom is -0.347 e. The molecule has 22 heavy (non-hydrogen) atoms. The van der Waals surface area contributed by atoms with Crippen molar-refractivity contribution in [2.24, 2.45) is 0 Å². The summed E-state index contributed by atoms with van der Waals surface area (Å²) in [5, 5.41) is 3.96. The van der Waals surface area contributed by atoms with Crippen molar-refractivity contribution < 1.29 is 4.79 Å². The second-order valence-corrected chi connectivity index (χ2v) is 6.23. The molecular weight excluding hydrogens is 294 g/mol. The van der Waals surface area contributed by atoms with Crippen molar-refractivity contribution in [2.45, 2.75) is 25.8 Å². The van der Waals surface area contributed by atoms with Crippen LogP contribution in [0, 0.1) is 0 Å². The van der Waals surface area contributed by atoms with Crippen molar-refractivity contribution in [1.82, 2.24) is 15.3 Å². The number of thiazole rings is 1. The van der Waals surface area contributed by atoms with E-state index < -0.39 is 0 Å². The Labute approximate surface area is 133 Å². The van der Waals surface area contributed by atoms with Crippen LogP contribution in [0.5, 0.6) is 0 Å². The van der Waals surface area contributed by atoms with E-state index in [4.69, 9.17) is 0 Å². The van der Waals surface area contributed by atoms with Crippen molar-refractivity contribution in [2.75, 3.05) is 0 Å². The maximum absolute atomic E-state index is 12.1. The number of benzene rings is 1. The van der Waals surface area contributed by atoms with E-state index in [9.17, 15) is 4.79 Å². The van der Waals surface area contributed by atoms with Gasteiger partial charge in [0, 0.05) is 18.8 Å². The number of hydrogen-bond acceptors (Lipinski definition) is 4. The molecule has 0 saturated carbocycles. The Bertz CT molecular complexity index is 737. The predicted octanol–water partition coefficient (Wildman–Crippen LogP) is 3.50. The van der Waals surface area contributed by atoms with Gasteiger partial charge in [-0.15, -0.1) is 11.3 Å². The minimum absolute atomic E-state index is 0.0450. The molecule has 1 amide bonds. The first-order valence-electron chi connectivity index (χ1n) is 7.26. The molecule has 0 unspecified atom stereocenters. The van der Waals surface area contributed by atoms with E-state index in [1.165, 1.54) is 0 Å². The SMILES string of the molecule is C[C@@H](NC(=O)CCc1ccncc1)c1nc2ccccc2s1. The highest BCUT2D eigenvalue weighted by atomic mass is 32.1. The third-order valence-electron chi connectivity index (χ3n) is 3.45. The number of fused-ring (bicyclic) bond motifs is 1. The molecule has 0 saturated heterocycles. The highest BCUT2D eigenvalue weighted by Gasteiger charge is 2.13. The van der Waals surface area contributed by atoms with Crippen LogP contribution in [-0.4, -0.2) is 15.9 Å². The zero-order valence-electron chi connectivity index (χ0n) is 12.3. The molecule has 0 fully saturated rings. The first kappa shape index (κ1) is 14.7. The molecule has 0 spiro atoms. The average Bonchev–Trinajstić information content (AvgIpc) is 2.98. The van der Waals surface area contributed by atoms with Crippen molar-refractivity contribution in [3.63, 3.8) is 0 Å². The summed E-state index contributed by atoms with van der Waals surface area (Å²) in [6.07, 6.45) is 4.69. The van der Waals surface area contributed by atoms with Crippen LogP contribution < -0.4 is 5.32 Å². The van der Waals surface area contributed by atoms with E-state index in [0.29, 0.717) is 6.42 Å². The molecule has 1 aromatic carbocycles. The fourth-order valence-electron chi connectivity index (χ4n) is 2.26. The molecule has 1 atom stereocenters. The second kappa shape index (κ2) is 6.66. The highest BCUT2D eigenvalue weighted by Crippen LogP contribution is 2.26. The van der Waals surface area contributed by atoms with Gasteiger partial charge in [-0.2, -0.15) is 0 Å². The average molecular weight is 311 g/mol. The Kier molecular flexibility index (Phi) is 4.44. The summed E-state index contributed by atoms with van der Waals surface area (Å²) in [6.45, 7) is 1.97. The van der Waals surface area contributed by atoms with Gasteiger partial charge in [0.15, 0.2) is 0 Å². The van der Waals surface area contributed by atoms with Crippen LogP contribution in [-0.2, 0) is 11.2 Å².